The third kappa shape index (κ3) is 5.16. The number of nitrogens with one attached hydrogen (secondary N) is 2. The van der Waals surface area contributed by atoms with Crippen molar-refractivity contribution in [2.75, 3.05) is 17.2 Å². The molecular weight excluding hydrogens is 242 g/mol. The Balaban J connectivity index is 2.89. The van der Waals surface area contributed by atoms with Crippen molar-refractivity contribution < 1.29 is 4.92 Å². The first-order chi connectivity index (χ1) is 8.92. The van der Waals surface area contributed by atoms with Crippen LogP contribution in [0.4, 0.5) is 17.1 Å². The molecule has 0 aromatic heterocycles. The number of hydrogen-bond donors (Lipinski definition) is 2. The number of nitro benzene ring substituents is 1. The molecule has 0 fully saturated rings. The Hall–Kier alpha value is -1.78. The van der Waals surface area contributed by atoms with Gasteiger partial charge in [-0.1, -0.05) is 13.8 Å². The number of anilines is 2. The topological polar surface area (TPSA) is 67.2 Å². The van der Waals surface area contributed by atoms with Crippen LogP contribution in [0.25, 0.3) is 0 Å². The highest BCUT2D eigenvalue weighted by Crippen LogP contribution is 2.25. The van der Waals surface area contributed by atoms with Crippen molar-refractivity contribution >= 4 is 17.1 Å². The summed E-state index contributed by atoms with van der Waals surface area (Å²) in [6.45, 7) is 9.12. The quantitative estimate of drug-likeness (QED) is 0.580. The summed E-state index contributed by atoms with van der Waals surface area (Å²) in [6, 6.07) is 5.34. The van der Waals surface area contributed by atoms with E-state index in [1.54, 1.807) is 12.1 Å². The van der Waals surface area contributed by atoms with E-state index in [0.29, 0.717) is 5.92 Å². The van der Waals surface area contributed by atoms with Crippen molar-refractivity contribution in [1.82, 2.24) is 0 Å². The number of nitrogens with zero attached hydrogens (tertiary/aromatic N) is 1. The van der Waals surface area contributed by atoms with Crippen LogP contribution in [0, 0.1) is 16.0 Å². The van der Waals surface area contributed by atoms with Crippen LogP contribution in [0.1, 0.15) is 34.1 Å². The van der Waals surface area contributed by atoms with Crippen molar-refractivity contribution in [3.05, 3.63) is 28.3 Å². The van der Waals surface area contributed by atoms with Gasteiger partial charge < -0.3 is 10.6 Å². The monoisotopic (exact) mass is 265 g/mol. The van der Waals surface area contributed by atoms with Gasteiger partial charge in [0.15, 0.2) is 0 Å². The summed E-state index contributed by atoms with van der Waals surface area (Å²) in [5, 5.41) is 17.4. The molecule has 19 heavy (non-hydrogen) atoms. The maximum atomic E-state index is 10.9. The zero-order valence-electron chi connectivity index (χ0n) is 12.1. The van der Waals surface area contributed by atoms with E-state index in [4.69, 9.17) is 0 Å². The summed E-state index contributed by atoms with van der Waals surface area (Å²) >= 11 is 0. The number of non-ortho nitro benzene ring substituents is 1. The average Bonchev–Trinajstić information content (AvgIpc) is 2.27. The maximum absolute atomic E-state index is 10.9. The molecule has 1 atom stereocenters. The average molecular weight is 265 g/mol. The Morgan fingerprint density at radius 2 is 1.84 bits per heavy atom. The Morgan fingerprint density at radius 3 is 2.37 bits per heavy atom. The molecule has 106 valence electrons. The molecule has 5 nitrogen and oxygen atoms in total. The molecule has 0 amide bonds. The molecule has 1 rings (SSSR count). The van der Waals surface area contributed by atoms with Crippen LogP contribution in [0.5, 0.6) is 0 Å². The largest absolute Gasteiger partial charge is 0.385 e. The molecule has 1 aromatic rings. The van der Waals surface area contributed by atoms with Crippen LogP contribution >= 0.6 is 0 Å². The number of hydrogen-bond acceptors (Lipinski definition) is 4. The molecule has 0 aliphatic carbocycles. The van der Waals surface area contributed by atoms with Crippen molar-refractivity contribution in [3.63, 3.8) is 0 Å². The lowest BCUT2D eigenvalue weighted by atomic mass is 10.0. The first-order valence-corrected chi connectivity index (χ1v) is 6.72. The Bertz CT molecular complexity index is 433. The van der Waals surface area contributed by atoms with Crippen LogP contribution < -0.4 is 10.6 Å². The lowest BCUT2D eigenvalue weighted by Gasteiger charge is -2.18. The van der Waals surface area contributed by atoms with Crippen LogP contribution in [0.15, 0.2) is 18.2 Å². The molecule has 0 spiro atoms. The second kappa shape index (κ2) is 6.97. The molecule has 1 aromatic carbocycles. The summed E-state index contributed by atoms with van der Waals surface area (Å²) in [5.41, 5.74) is 1.67. The van der Waals surface area contributed by atoms with Gasteiger partial charge in [-0.3, -0.25) is 10.1 Å². The van der Waals surface area contributed by atoms with Crippen molar-refractivity contribution in [3.8, 4) is 0 Å². The summed E-state index contributed by atoms with van der Waals surface area (Å²) in [6.07, 6.45) is 1.03. The fourth-order valence-corrected chi connectivity index (χ4v) is 2.16. The van der Waals surface area contributed by atoms with Crippen molar-refractivity contribution in [2.24, 2.45) is 5.92 Å². The van der Waals surface area contributed by atoms with E-state index in [9.17, 15) is 10.1 Å². The molecule has 0 saturated heterocycles. The van der Waals surface area contributed by atoms with Gasteiger partial charge in [0.1, 0.15) is 0 Å². The van der Waals surface area contributed by atoms with Gasteiger partial charge in [0, 0.05) is 36.1 Å². The lowest BCUT2D eigenvalue weighted by Crippen LogP contribution is -2.17. The van der Waals surface area contributed by atoms with Gasteiger partial charge in [0.05, 0.1) is 4.92 Å². The predicted octanol–water partition coefficient (Wildman–Crippen LogP) is 3.87. The van der Waals surface area contributed by atoms with Gasteiger partial charge in [-0.2, -0.15) is 0 Å². The van der Waals surface area contributed by atoms with Gasteiger partial charge in [-0.25, -0.2) is 0 Å². The van der Waals surface area contributed by atoms with Gasteiger partial charge >= 0.3 is 0 Å². The number of rotatable bonds is 7. The molecule has 0 aliphatic rings. The molecular formula is C14H23N3O2. The molecule has 0 heterocycles. The van der Waals surface area contributed by atoms with Gasteiger partial charge in [0.2, 0.25) is 0 Å². The van der Waals surface area contributed by atoms with Crippen LogP contribution in [0.3, 0.4) is 0 Å². The summed E-state index contributed by atoms with van der Waals surface area (Å²) in [4.78, 5) is 10.6. The van der Waals surface area contributed by atoms with E-state index in [0.717, 1.165) is 24.3 Å². The minimum atomic E-state index is -0.362. The molecule has 2 N–H and O–H groups in total. The second-order valence-electron chi connectivity index (χ2n) is 5.23. The van der Waals surface area contributed by atoms with Crippen molar-refractivity contribution in [1.29, 1.82) is 0 Å². The lowest BCUT2D eigenvalue weighted by molar-refractivity contribution is -0.384. The van der Waals surface area contributed by atoms with Crippen LogP contribution in [-0.4, -0.2) is 17.5 Å². The minimum Gasteiger partial charge on any atom is -0.385 e. The Labute approximate surface area is 114 Å². The van der Waals surface area contributed by atoms with Gasteiger partial charge in [-0.05, 0) is 32.3 Å². The fourth-order valence-electron chi connectivity index (χ4n) is 2.16. The predicted molar refractivity (Wildman–Crippen MR) is 79.8 cm³/mol. The molecule has 0 aliphatic heterocycles. The van der Waals surface area contributed by atoms with E-state index in [2.05, 4.69) is 31.4 Å². The molecule has 0 bridgehead atoms. The van der Waals surface area contributed by atoms with Crippen LogP contribution in [-0.2, 0) is 0 Å². The van der Waals surface area contributed by atoms with Crippen LogP contribution in [0.2, 0.25) is 0 Å². The smallest absolute Gasteiger partial charge is 0.273 e. The number of nitro groups is 1. The SMILES string of the molecule is CCNc1cc(NC(C)CC(C)C)cc([N+](=O)[O-])c1. The Kier molecular flexibility index (Phi) is 5.60. The fraction of sp³-hybridized carbons (Fsp3) is 0.571. The minimum absolute atomic E-state index is 0.109. The molecule has 1 unspecified atom stereocenters. The van der Waals surface area contributed by atoms with Gasteiger partial charge in [0.25, 0.3) is 5.69 Å². The van der Waals surface area contributed by atoms with E-state index in [1.165, 1.54) is 0 Å². The standard InChI is InChI=1S/C14H23N3O2/c1-5-15-12-7-13(9-14(8-12)17(18)19)16-11(4)6-10(2)3/h7-11,15-16H,5-6H2,1-4H3. The zero-order chi connectivity index (χ0) is 14.4. The third-order valence-electron chi connectivity index (χ3n) is 2.75. The van der Waals surface area contributed by atoms with Crippen molar-refractivity contribution in [2.45, 2.75) is 40.2 Å². The summed E-state index contributed by atoms with van der Waals surface area (Å²) in [5.74, 6) is 0.592. The zero-order valence-corrected chi connectivity index (χ0v) is 12.1. The summed E-state index contributed by atoms with van der Waals surface area (Å²) < 4.78 is 0. The highest BCUT2D eigenvalue weighted by atomic mass is 16.6. The van der Waals surface area contributed by atoms with E-state index < -0.39 is 0 Å². The normalized spacial score (nSPS) is 12.3. The maximum Gasteiger partial charge on any atom is 0.273 e. The first kappa shape index (κ1) is 15.3. The molecule has 5 heteroatoms. The van der Waals surface area contributed by atoms with Gasteiger partial charge in [-0.15, -0.1) is 0 Å². The third-order valence-corrected chi connectivity index (χ3v) is 2.75. The van der Waals surface area contributed by atoms with E-state index >= 15 is 0 Å². The molecule has 0 saturated carbocycles. The Morgan fingerprint density at radius 1 is 1.21 bits per heavy atom. The second-order valence-corrected chi connectivity index (χ2v) is 5.23. The highest BCUT2D eigenvalue weighted by Gasteiger charge is 2.11. The van der Waals surface area contributed by atoms with E-state index in [1.807, 2.05) is 13.0 Å². The van der Waals surface area contributed by atoms with E-state index in [-0.39, 0.29) is 16.7 Å². The first-order valence-electron chi connectivity index (χ1n) is 6.72. The molecule has 0 radical (unpaired) electrons. The number of benzene rings is 1. The highest BCUT2D eigenvalue weighted by molar-refractivity contribution is 5.63. The summed E-state index contributed by atoms with van der Waals surface area (Å²) in [7, 11) is 0.